The molecule has 1 N–H and O–H groups in total. The number of nitrogens with zero attached hydrogens (tertiary/aromatic N) is 1. The summed E-state index contributed by atoms with van der Waals surface area (Å²) in [6.45, 7) is 5.31. The van der Waals surface area contributed by atoms with Crippen LogP contribution in [0.25, 0.3) is 0 Å². The molecule has 0 fully saturated rings. The van der Waals surface area contributed by atoms with Crippen LogP contribution in [0.4, 0.5) is 4.39 Å². The number of halogens is 1. The molecule has 0 amide bonds. The second kappa shape index (κ2) is 6.85. The molecule has 0 unspecified atom stereocenters. The molecule has 0 aliphatic rings. The second-order valence-corrected chi connectivity index (χ2v) is 7.24. The molecular weight excluding hydrogens is 281 g/mol. The van der Waals surface area contributed by atoms with E-state index in [0.29, 0.717) is 5.56 Å². The summed E-state index contributed by atoms with van der Waals surface area (Å²) in [5, 5.41) is 8.68. The monoisotopic (exact) mass is 299 g/mol. The van der Waals surface area contributed by atoms with E-state index in [9.17, 15) is 13.7 Å². The number of carboxylic acid groups (broad SMARTS) is 1. The Morgan fingerprint density at radius 2 is 2.15 bits per heavy atom. The van der Waals surface area contributed by atoms with Gasteiger partial charge in [0.1, 0.15) is 21.9 Å². The third-order valence-corrected chi connectivity index (χ3v) is 3.90. The molecule has 4 nitrogen and oxygen atoms in total. The highest BCUT2D eigenvalue weighted by atomic mass is 32.2. The fraction of sp³-hybridized carbons (Fsp3) is 0.429. The average molecular weight is 299 g/mol. The van der Waals surface area contributed by atoms with Crippen LogP contribution in [0.15, 0.2) is 22.6 Å². The molecule has 1 rings (SSSR count). The molecule has 20 heavy (non-hydrogen) atoms. The Labute approximate surface area is 121 Å². The second-order valence-electron chi connectivity index (χ2n) is 5.30. The van der Waals surface area contributed by atoms with Crippen LogP contribution >= 0.6 is 0 Å². The third-order valence-electron chi connectivity index (χ3n) is 2.55. The molecular formula is C14H18FNO3S. The van der Waals surface area contributed by atoms with Crippen LogP contribution in [-0.4, -0.2) is 26.6 Å². The maximum absolute atomic E-state index is 13.8. The number of carbonyl (C=O) groups is 1. The first-order valence-electron chi connectivity index (χ1n) is 6.17. The zero-order valence-electron chi connectivity index (χ0n) is 11.7. The van der Waals surface area contributed by atoms with E-state index in [4.69, 9.17) is 5.11 Å². The number of benzene rings is 1. The van der Waals surface area contributed by atoms with Crippen molar-refractivity contribution in [3.63, 3.8) is 0 Å². The van der Waals surface area contributed by atoms with Crippen molar-refractivity contribution >= 4 is 23.5 Å². The van der Waals surface area contributed by atoms with Crippen LogP contribution in [0.2, 0.25) is 0 Å². The van der Waals surface area contributed by atoms with Crippen molar-refractivity contribution in [3.05, 3.63) is 35.1 Å². The Morgan fingerprint density at radius 1 is 1.50 bits per heavy atom. The van der Waals surface area contributed by atoms with E-state index in [2.05, 4.69) is 4.40 Å². The molecule has 0 spiro atoms. The van der Waals surface area contributed by atoms with Gasteiger partial charge in [-0.3, -0.25) is 4.79 Å². The van der Waals surface area contributed by atoms with Gasteiger partial charge in [0.15, 0.2) is 0 Å². The van der Waals surface area contributed by atoms with Crippen molar-refractivity contribution in [2.24, 2.45) is 4.40 Å². The van der Waals surface area contributed by atoms with Crippen molar-refractivity contribution in [1.82, 2.24) is 0 Å². The van der Waals surface area contributed by atoms with E-state index >= 15 is 0 Å². The molecule has 0 aliphatic carbocycles. The lowest BCUT2D eigenvalue weighted by Crippen LogP contribution is -2.26. The molecule has 1 aromatic rings. The van der Waals surface area contributed by atoms with Gasteiger partial charge in [0.25, 0.3) is 0 Å². The first kappa shape index (κ1) is 16.7. The highest BCUT2D eigenvalue weighted by Crippen LogP contribution is 2.19. The molecule has 0 saturated heterocycles. The van der Waals surface area contributed by atoms with Crippen molar-refractivity contribution in [2.45, 2.75) is 38.4 Å². The smallest absolute Gasteiger partial charge is 0.303 e. The predicted molar refractivity (Wildman–Crippen MR) is 77.8 cm³/mol. The summed E-state index contributed by atoms with van der Waals surface area (Å²) in [7, 11) is 0. The highest BCUT2D eigenvalue weighted by molar-refractivity contribution is 7.91. The van der Waals surface area contributed by atoms with Crippen LogP contribution in [0.5, 0.6) is 0 Å². The Morgan fingerprint density at radius 3 is 2.70 bits per heavy atom. The summed E-state index contributed by atoms with van der Waals surface area (Å²) in [6, 6.07) is 4.43. The SMILES string of the molecule is CC(C)(C)[S@@+]([O-])N=Cc1c(F)cccc1CCC(=O)O. The van der Waals surface area contributed by atoms with Gasteiger partial charge in [0.2, 0.25) is 0 Å². The van der Waals surface area contributed by atoms with Crippen LogP contribution in [-0.2, 0) is 22.6 Å². The average Bonchev–Trinajstić information content (AvgIpc) is 2.33. The van der Waals surface area contributed by atoms with Gasteiger partial charge in [-0.05, 0) is 38.8 Å². The maximum Gasteiger partial charge on any atom is 0.303 e. The number of aryl methyl sites for hydroxylation is 1. The lowest BCUT2D eigenvalue weighted by Gasteiger charge is -2.17. The molecule has 1 atom stereocenters. The molecule has 110 valence electrons. The zero-order chi connectivity index (χ0) is 15.3. The van der Waals surface area contributed by atoms with Gasteiger partial charge >= 0.3 is 5.97 Å². The highest BCUT2D eigenvalue weighted by Gasteiger charge is 2.26. The van der Waals surface area contributed by atoms with Crippen molar-refractivity contribution in [1.29, 1.82) is 0 Å². The predicted octanol–water partition coefficient (Wildman–Crippen LogP) is 2.72. The maximum atomic E-state index is 13.8. The number of carboxylic acids is 1. The molecule has 0 bridgehead atoms. The van der Waals surface area contributed by atoms with E-state index in [-0.39, 0.29) is 18.4 Å². The topological polar surface area (TPSA) is 72.7 Å². The summed E-state index contributed by atoms with van der Waals surface area (Å²) in [5.74, 6) is -1.45. The lowest BCUT2D eigenvalue weighted by molar-refractivity contribution is -0.136. The summed E-state index contributed by atoms with van der Waals surface area (Å²) in [6.07, 6.45) is 1.34. The first-order chi connectivity index (χ1) is 9.21. The lowest BCUT2D eigenvalue weighted by atomic mass is 10.0. The zero-order valence-corrected chi connectivity index (χ0v) is 12.5. The minimum absolute atomic E-state index is 0.0906. The van der Waals surface area contributed by atoms with E-state index < -0.39 is 27.9 Å². The number of hydrogen-bond donors (Lipinski definition) is 1. The fourth-order valence-electron chi connectivity index (χ4n) is 1.44. The quantitative estimate of drug-likeness (QED) is 0.671. The van der Waals surface area contributed by atoms with Gasteiger partial charge in [-0.25, -0.2) is 4.39 Å². The molecule has 0 aliphatic heterocycles. The van der Waals surface area contributed by atoms with Gasteiger partial charge < -0.3 is 9.66 Å². The fourth-order valence-corrected chi connectivity index (χ4v) is 1.96. The minimum atomic E-state index is -1.48. The normalized spacial score (nSPS) is 13.7. The molecule has 0 radical (unpaired) electrons. The molecule has 1 aromatic carbocycles. The van der Waals surface area contributed by atoms with Crippen molar-refractivity contribution < 1.29 is 18.8 Å². The standard InChI is InChI=1S/C14H18FNO3S/c1-14(2,3)20(19)16-9-11-10(7-8-13(17)18)5-4-6-12(11)15/h4-6,9H,7-8H2,1-3H3,(H,17,18)/t20-/m1/s1. The first-order valence-corrected chi connectivity index (χ1v) is 7.27. The summed E-state index contributed by atoms with van der Waals surface area (Å²) in [4.78, 5) is 10.6. The van der Waals surface area contributed by atoms with Crippen LogP contribution in [0.1, 0.15) is 38.3 Å². The molecule has 6 heteroatoms. The molecule has 0 aromatic heterocycles. The van der Waals surface area contributed by atoms with E-state index in [1.165, 1.54) is 18.3 Å². The Hall–Kier alpha value is -1.40. The summed E-state index contributed by atoms with van der Waals surface area (Å²) in [5.41, 5.74) is 0.744. The molecule has 0 saturated carbocycles. The van der Waals surface area contributed by atoms with Crippen LogP contribution in [0.3, 0.4) is 0 Å². The van der Waals surface area contributed by atoms with Crippen molar-refractivity contribution in [2.75, 3.05) is 0 Å². The summed E-state index contributed by atoms with van der Waals surface area (Å²) >= 11 is -1.48. The van der Waals surface area contributed by atoms with Gasteiger partial charge in [-0.2, -0.15) is 0 Å². The van der Waals surface area contributed by atoms with E-state index in [1.807, 2.05) is 0 Å². The van der Waals surface area contributed by atoms with Crippen molar-refractivity contribution in [3.8, 4) is 0 Å². The number of rotatable bonds is 5. The Kier molecular flexibility index (Phi) is 5.71. The largest absolute Gasteiger partial charge is 0.591 e. The van der Waals surface area contributed by atoms with Crippen LogP contribution in [0, 0.1) is 5.82 Å². The van der Waals surface area contributed by atoms with E-state index in [0.717, 1.165) is 0 Å². The Balaban J connectivity index is 2.98. The van der Waals surface area contributed by atoms with Gasteiger partial charge in [-0.1, -0.05) is 16.5 Å². The number of hydrogen-bond acceptors (Lipinski definition) is 3. The Bertz CT molecular complexity index is 512. The van der Waals surface area contributed by atoms with Crippen LogP contribution < -0.4 is 0 Å². The summed E-state index contributed by atoms with van der Waals surface area (Å²) < 4.78 is 29.0. The number of aliphatic carboxylic acids is 1. The third kappa shape index (κ3) is 4.94. The van der Waals surface area contributed by atoms with Gasteiger partial charge in [0.05, 0.1) is 6.21 Å². The van der Waals surface area contributed by atoms with Gasteiger partial charge in [-0.15, -0.1) is 0 Å². The van der Waals surface area contributed by atoms with Gasteiger partial charge in [0, 0.05) is 12.0 Å². The minimum Gasteiger partial charge on any atom is -0.591 e. The molecule has 0 heterocycles. The van der Waals surface area contributed by atoms with E-state index in [1.54, 1.807) is 26.8 Å².